The minimum Gasteiger partial charge on any atom is -0.314 e. The second-order valence-corrected chi connectivity index (χ2v) is 3.88. The van der Waals surface area contributed by atoms with Gasteiger partial charge in [0.2, 0.25) is 0 Å². The summed E-state index contributed by atoms with van der Waals surface area (Å²) >= 11 is 0. The van der Waals surface area contributed by atoms with E-state index >= 15 is 0 Å². The van der Waals surface area contributed by atoms with Crippen LogP contribution in [0.4, 0.5) is 0 Å². The van der Waals surface area contributed by atoms with Gasteiger partial charge in [-0.15, -0.1) is 10.2 Å². The smallest absolute Gasteiger partial charge is 0.254 e. The fourth-order valence-corrected chi connectivity index (χ4v) is 1.64. The minimum atomic E-state index is 0.680. The van der Waals surface area contributed by atoms with Crippen LogP contribution in [0.5, 0.6) is 0 Å². The summed E-state index contributed by atoms with van der Waals surface area (Å²) in [7, 11) is 0. The van der Waals surface area contributed by atoms with E-state index < -0.39 is 0 Å². The molecule has 5 nitrogen and oxygen atoms in total. The lowest BCUT2D eigenvalue weighted by Gasteiger charge is -2.00. The van der Waals surface area contributed by atoms with Crippen LogP contribution in [-0.2, 0) is 6.42 Å². The first kappa shape index (κ1) is 8.79. The molecule has 0 aliphatic heterocycles. The molecule has 0 aromatic carbocycles. The zero-order valence-electron chi connectivity index (χ0n) is 8.43. The zero-order valence-corrected chi connectivity index (χ0v) is 8.43. The van der Waals surface area contributed by atoms with Crippen molar-refractivity contribution >= 4 is 5.78 Å². The summed E-state index contributed by atoms with van der Waals surface area (Å²) < 4.78 is 1.94. The zero-order chi connectivity index (χ0) is 10.1. The number of nitrogens with one attached hydrogen (secondary N) is 1. The van der Waals surface area contributed by atoms with E-state index in [1.54, 1.807) is 6.20 Å². The number of hydrogen-bond acceptors (Lipinski definition) is 4. The first-order chi connectivity index (χ1) is 7.43. The normalized spacial score (nSPS) is 16.0. The Balaban J connectivity index is 1.72. The quantitative estimate of drug-likeness (QED) is 0.782. The summed E-state index contributed by atoms with van der Waals surface area (Å²) in [6.45, 7) is 0.973. The van der Waals surface area contributed by atoms with Crippen molar-refractivity contribution in [2.75, 3.05) is 6.54 Å². The van der Waals surface area contributed by atoms with Gasteiger partial charge in [0.15, 0.2) is 0 Å². The molecule has 15 heavy (non-hydrogen) atoms. The molecule has 0 radical (unpaired) electrons. The summed E-state index contributed by atoms with van der Waals surface area (Å²) in [5.74, 6) is 1.66. The molecule has 2 aromatic rings. The molecule has 0 atom stereocenters. The van der Waals surface area contributed by atoms with E-state index in [9.17, 15) is 0 Å². The summed E-state index contributed by atoms with van der Waals surface area (Å²) in [4.78, 5) is 4.13. The Labute approximate surface area is 87.5 Å². The molecule has 1 aliphatic carbocycles. The van der Waals surface area contributed by atoms with Crippen LogP contribution in [0, 0.1) is 0 Å². The lowest BCUT2D eigenvalue weighted by Crippen LogP contribution is -2.20. The molecule has 78 valence electrons. The first-order valence-corrected chi connectivity index (χ1v) is 5.31. The first-order valence-electron chi connectivity index (χ1n) is 5.31. The van der Waals surface area contributed by atoms with Crippen LogP contribution in [0.3, 0.4) is 0 Å². The van der Waals surface area contributed by atoms with Crippen LogP contribution in [0.2, 0.25) is 0 Å². The van der Waals surface area contributed by atoms with E-state index in [0.29, 0.717) is 5.78 Å². The van der Waals surface area contributed by atoms with Crippen LogP contribution in [-0.4, -0.2) is 32.2 Å². The van der Waals surface area contributed by atoms with E-state index in [2.05, 4.69) is 20.5 Å². The third-order valence-electron chi connectivity index (χ3n) is 2.62. The highest BCUT2D eigenvalue weighted by molar-refractivity contribution is 5.26. The molecule has 3 rings (SSSR count). The van der Waals surface area contributed by atoms with Crippen LogP contribution in [0.1, 0.15) is 18.7 Å². The Morgan fingerprint density at radius 1 is 1.40 bits per heavy atom. The number of nitrogens with zero attached hydrogens (tertiary/aromatic N) is 4. The molecule has 1 fully saturated rings. The Hall–Kier alpha value is -1.49. The number of rotatable bonds is 4. The average Bonchev–Trinajstić information content (AvgIpc) is 3.00. The predicted octanol–water partition coefficient (Wildman–Crippen LogP) is 0.419. The van der Waals surface area contributed by atoms with Crippen LogP contribution in [0.25, 0.3) is 5.78 Å². The highest BCUT2D eigenvalue weighted by atomic mass is 15.3. The Morgan fingerprint density at radius 3 is 3.20 bits per heavy atom. The highest BCUT2D eigenvalue weighted by Crippen LogP contribution is 2.18. The van der Waals surface area contributed by atoms with Gasteiger partial charge in [-0.3, -0.25) is 4.40 Å². The molecule has 5 heteroatoms. The van der Waals surface area contributed by atoms with Crippen LogP contribution < -0.4 is 5.32 Å². The Bertz CT molecular complexity index is 460. The molecule has 0 spiro atoms. The molecule has 2 heterocycles. The third-order valence-corrected chi connectivity index (χ3v) is 2.62. The molecule has 0 amide bonds. The van der Waals surface area contributed by atoms with Crippen molar-refractivity contribution in [1.82, 2.24) is 24.9 Å². The van der Waals surface area contributed by atoms with Gasteiger partial charge in [-0.05, 0) is 18.9 Å². The van der Waals surface area contributed by atoms with Gasteiger partial charge < -0.3 is 5.32 Å². The van der Waals surface area contributed by atoms with Crippen molar-refractivity contribution < 1.29 is 0 Å². The van der Waals surface area contributed by atoms with Crippen molar-refractivity contribution in [2.45, 2.75) is 25.3 Å². The van der Waals surface area contributed by atoms with Crippen molar-refractivity contribution in [3.63, 3.8) is 0 Å². The Morgan fingerprint density at radius 2 is 2.33 bits per heavy atom. The SMILES string of the molecule is c1cnc2nnc(CCNC3CC3)n2c1. The van der Waals surface area contributed by atoms with Crippen molar-refractivity contribution in [2.24, 2.45) is 0 Å². The number of hydrogen-bond donors (Lipinski definition) is 1. The molecule has 1 N–H and O–H groups in total. The van der Waals surface area contributed by atoms with Gasteiger partial charge in [0.25, 0.3) is 5.78 Å². The predicted molar refractivity (Wildman–Crippen MR) is 55.5 cm³/mol. The van der Waals surface area contributed by atoms with Gasteiger partial charge in [-0.25, -0.2) is 4.98 Å². The maximum Gasteiger partial charge on any atom is 0.254 e. The van der Waals surface area contributed by atoms with Gasteiger partial charge in [0.1, 0.15) is 5.82 Å². The topological polar surface area (TPSA) is 55.1 Å². The molecule has 0 unspecified atom stereocenters. The van der Waals surface area contributed by atoms with Crippen LogP contribution >= 0.6 is 0 Å². The van der Waals surface area contributed by atoms with E-state index in [-0.39, 0.29) is 0 Å². The lowest BCUT2D eigenvalue weighted by atomic mass is 10.4. The van der Waals surface area contributed by atoms with Gasteiger partial charge in [0.05, 0.1) is 0 Å². The summed E-state index contributed by atoms with van der Waals surface area (Å²) in [6, 6.07) is 2.65. The fourth-order valence-electron chi connectivity index (χ4n) is 1.64. The third kappa shape index (κ3) is 1.83. The highest BCUT2D eigenvalue weighted by Gasteiger charge is 2.19. The molecular weight excluding hydrogens is 190 g/mol. The summed E-state index contributed by atoms with van der Waals surface area (Å²) in [6.07, 6.45) is 7.23. The molecule has 0 saturated heterocycles. The van der Waals surface area contributed by atoms with Crippen molar-refractivity contribution in [3.8, 4) is 0 Å². The van der Waals surface area contributed by atoms with Crippen LogP contribution in [0.15, 0.2) is 18.5 Å². The molecule has 1 saturated carbocycles. The molecule has 0 bridgehead atoms. The Kier molecular flexibility index (Phi) is 2.10. The summed E-state index contributed by atoms with van der Waals surface area (Å²) in [5.41, 5.74) is 0. The van der Waals surface area contributed by atoms with E-state index in [1.165, 1.54) is 12.8 Å². The monoisotopic (exact) mass is 203 g/mol. The second kappa shape index (κ2) is 3.58. The van der Waals surface area contributed by atoms with Gasteiger partial charge in [0, 0.05) is 31.4 Å². The summed E-state index contributed by atoms with van der Waals surface area (Å²) in [5, 5.41) is 11.6. The van der Waals surface area contributed by atoms with E-state index in [1.807, 2.05) is 16.7 Å². The maximum atomic E-state index is 4.13. The second-order valence-electron chi connectivity index (χ2n) is 3.88. The number of fused-ring (bicyclic) bond motifs is 1. The van der Waals surface area contributed by atoms with Gasteiger partial charge in [-0.2, -0.15) is 0 Å². The lowest BCUT2D eigenvalue weighted by molar-refractivity contribution is 0.662. The average molecular weight is 203 g/mol. The van der Waals surface area contributed by atoms with E-state index in [4.69, 9.17) is 0 Å². The molecule has 2 aromatic heterocycles. The fraction of sp³-hybridized carbons (Fsp3) is 0.500. The molecule has 1 aliphatic rings. The van der Waals surface area contributed by atoms with Crippen molar-refractivity contribution in [3.05, 3.63) is 24.3 Å². The van der Waals surface area contributed by atoms with Crippen molar-refractivity contribution in [1.29, 1.82) is 0 Å². The number of aromatic nitrogens is 4. The van der Waals surface area contributed by atoms with Gasteiger partial charge in [-0.1, -0.05) is 0 Å². The minimum absolute atomic E-state index is 0.680. The van der Waals surface area contributed by atoms with E-state index in [0.717, 1.165) is 24.8 Å². The largest absolute Gasteiger partial charge is 0.314 e. The molecular formula is C10H13N5. The van der Waals surface area contributed by atoms with Gasteiger partial charge >= 0.3 is 0 Å². The maximum absolute atomic E-state index is 4.13. The standard InChI is InChI=1S/C10H13N5/c1-5-12-10-14-13-9(15(10)7-1)4-6-11-8-2-3-8/h1,5,7-8,11H,2-4,6H2.